The lowest BCUT2D eigenvalue weighted by molar-refractivity contribution is 0.177. The lowest BCUT2D eigenvalue weighted by Crippen LogP contribution is -2.33. The number of rotatable bonds is 6. The lowest BCUT2D eigenvalue weighted by Gasteiger charge is -2.32. The molecule has 25 heavy (non-hydrogen) atoms. The Morgan fingerprint density at radius 2 is 1.64 bits per heavy atom. The van der Waals surface area contributed by atoms with E-state index in [9.17, 15) is 4.39 Å². The molecule has 1 fully saturated rings. The fraction of sp³-hybridized carbons (Fsp3) is 0.455. The van der Waals surface area contributed by atoms with Gasteiger partial charge in [-0.2, -0.15) is 0 Å². The smallest absolute Gasteiger partial charge is 0.123 e. The van der Waals surface area contributed by atoms with Gasteiger partial charge in [-0.05, 0) is 81.2 Å². The molecule has 3 heteroatoms. The molecular formula is C22H29FN2. The van der Waals surface area contributed by atoms with Gasteiger partial charge in [0.15, 0.2) is 0 Å². The van der Waals surface area contributed by atoms with Crippen molar-refractivity contribution in [2.45, 2.75) is 32.4 Å². The van der Waals surface area contributed by atoms with Crippen LogP contribution in [0.2, 0.25) is 0 Å². The fourth-order valence-corrected chi connectivity index (χ4v) is 3.72. The molecule has 0 aliphatic carbocycles. The maximum atomic E-state index is 13.3. The van der Waals surface area contributed by atoms with E-state index in [1.807, 2.05) is 6.07 Å². The highest BCUT2D eigenvalue weighted by Gasteiger charge is 2.19. The van der Waals surface area contributed by atoms with Crippen molar-refractivity contribution in [3.63, 3.8) is 0 Å². The van der Waals surface area contributed by atoms with Gasteiger partial charge < -0.3 is 4.90 Å². The van der Waals surface area contributed by atoms with Crippen LogP contribution in [0.3, 0.4) is 0 Å². The number of nitrogens with zero attached hydrogens (tertiary/aromatic N) is 2. The van der Waals surface area contributed by atoms with Gasteiger partial charge in [0.05, 0.1) is 0 Å². The molecule has 0 atom stereocenters. The Labute approximate surface area is 151 Å². The molecule has 134 valence electrons. The van der Waals surface area contributed by atoms with Gasteiger partial charge >= 0.3 is 0 Å². The predicted molar refractivity (Wildman–Crippen MR) is 102 cm³/mol. The van der Waals surface area contributed by atoms with E-state index in [0.717, 1.165) is 37.7 Å². The second kappa shape index (κ2) is 8.59. The number of benzene rings is 2. The zero-order valence-corrected chi connectivity index (χ0v) is 15.4. The summed E-state index contributed by atoms with van der Waals surface area (Å²) < 4.78 is 13.3. The molecule has 1 saturated heterocycles. The lowest BCUT2D eigenvalue weighted by atomic mass is 9.89. The van der Waals surface area contributed by atoms with Crippen molar-refractivity contribution in [3.05, 3.63) is 71.0 Å². The average molecular weight is 340 g/mol. The quantitative estimate of drug-likeness (QED) is 0.772. The first kappa shape index (κ1) is 18.1. The van der Waals surface area contributed by atoms with Gasteiger partial charge in [-0.15, -0.1) is 0 Å². The van der Waals surface area contributed by atoms with Gasteiger partial charge in [-0.1, -0.05) is 36.4 Å². The number of hydrogen-bond donors (Lipinski definition) is 0. The van der Waals surface area contributed by atoms with E-state index in [4.69, 9.17) is 0 Å². The molecule has 1 aliphatic heterocycles. The van der Waals surface area contributed by atoms with Crippen molar-refractivity contribution in [1.29, 1.82) is 0 Å². The third-order valence-corrected chi connectivity index (χ3v) is 5.05. The summed E-state index contributed by atoms with van der Waals surface area (Å²) in [6.07, 6.45) is 3.64. The summed E-state index contributed by atoms with van der Waals surface area (Å²) >= 11 is 0. The second-order valence-electron chi connectivity index (χ2n) is 7.61. The van der Waals surface area contributed by atoms with E-state index in [1.54, 1.807) is 12.1 Å². The first-order valence-electron chi connectivity index (χ1n) is 9.28. The summed E-state index contributed by atoms with van der Waals surface area (Å²) in [5.41, 5.74) is 3.90. The van der Waals surface area contributed by atoms with Crippen LogP contribution in [0.15, 0.2) is 48.5 Å². The molecule has 0 aromatic heterocycles. The van der Waals surface area contributed by atoms with Crippen LogP contribution in [0.25, 0.3) is 0 Å². The molecule has 0 bridgehead atoms. The fourth-order valence-electron chi connectivity index (χ4n) is 3.72. The Bertz CT molecular complexity index is 658. The van der Waals surface area contributed by atoms with E-state index < -0.39 is 0 Å². The standard InChI is InChI=1S/C22H29FN2/c1-24(2)16-20-8-6-18(7-9-20)14-19-10-12-25(13-11-19)17-21-4-3-5-22(23)15-21/h3-9,15,19H,10-14,16-17H2,1-2H3. The van der Waals surface area contributed by atoms with E-state index in [-0.39, 0.29) is 5.82 Å². The van der Waals surface area contributed by atoms with Crippen LogP contribution < -0.4 is 0 Å². The van der Waals surface area contributed by atoms with E-state index in [0.29, 0.717) is 0 Å². The van der Waals surface area contributed by atoms with Gasteiger partial charge in [0.1, 0.15) is 5.82 Å². The zero-order valence-electron chi connectivity index (χ0n) is 15.4. The van der Waals surface area contributed by atoms with Crippen molar-refractivity contribution < 1.29 is 4.39 Å². The Morgan fingerprint density at radius 1 is 0.960 bits per heavy atom. The van der Waals surface area contributed by atoms with Crippen molar-refractivity contribution in [2.75, 3.05) is 27.2 Å². The van der Waals surface area contributed by atoms with Crippen molar-refractivity contribution in [3.8, 4) is 0 Å². The summed E-state index contributed by atoms with van der Waals surface area (Å²) in [4.78, 5) is 4.65. The molecule has 2 aromatic carbocycles. The summed E-state index contributed by atoms with van der Waals surface area (Å²) in [6.45, 7) is 4.09. The van der Waals surface area contributed by atoms with E-state index >= 15 is 0 Å². The van der Waals surface area contributed by atoms with Crippen molar-refractivity contribution in [2.24, 2.45) is 5.92 Å². The van der Waals surface area contributed by atoms with E-state index in [2.05, 4.69) is 48.2 Å². The summed E-state index contributed by atoms with van der Waals surface area (Å²) in [6, 6.07) is 16.1. The minimum atomic E-state index is -0.134. The molecule has 3 rings (SSSR count). The van der Waals surface area contributed by atoms with Gasteiger partial charge in [0.25, 0.3) is 0 Å². The highest BCUT2D eigenvalue weighted by molar-refractivity contribution is 5.23. The van der Waals surface area contributed by atoms with Crippen LogP contribution >= 0.6 is 0 Å². The first-order valence-corrected chi connectivity index (χ1v) is 9.28. The second-order valence-corrected chi connectivity index (χ2v) is 7.61. The molecular weight excluding hydrogens is 311 g/mol. The first-order chi connectivity index (χ1) is 12.1. The SMILES string of the molecule is CN(C)Cc1ccc(CC2CCN(Cc3cccc(F)c3)CC2)cc1. The maximum absolute atomic E-state index is 13.3. The van der Waals surface area contributed by atoms with Crippen LogP contribution in [0, 0.1) is 11.7 Å². The zero-order chi connectivity index (χ0) is 17.6. The maximum Gasteiger partial charge on any atom is 0.123 e. The van der Waals surface area contributed by atoms with Gasteiger partial charge in [-0.3, -0.25) is 4.90 Å². The van der Waals surface area contributed by atoms with Crippen LogP contribution in [-0.4, -0.2) is 37.0 Å². The van der Waals surface area contributed by atoms with Crippen molar-refractivity contribution >= 4 is 0 Å². The molecule has 1 heterocycles. The highest BCUT2D eigenvalue weighted by Crippen LogP contribution is 2.23. The average Bonchev–Trinajstić information content (AvgIpc) is 2.58. The number of piperidine rings is 1. The number of likely N-dealkylation sites (tertiary alicyclic amines) is 1. The third kappa shape index (κ3) is 5.65. The van der Waals surface area contributed by atoms with Crippen LogP contribution in [0.5, 0.6) is 0 Å². The minimum absolute atomic E-state index is 0.134. The molecule has 0 unspecified atom stereocenters. The molecule has 0 N–H and O–H groups in total. The highest BCUT2D eigenvalue weighted by atomic mass is 19.1. The Morgan fingerprint density at radius 3 is 2.28 bits per heavy atom. The molecule has 1 aliphatic rings. The van der Waals surface area contributed by atoms with Crippen molar-refractivity contribution in [1.82, 2.24) is 9.80 Å². The summed E-state index contributed by atoms with van der Waals surface area (Å²) in [7, 11) is 4.21. The Kier molecular flexibility index (Phi) is 6.22. The predicted octanol–water partition coefficient (Wildman–Crippen LogP) is 4.34. The van der Waals surface area contributed by atoms with Crippen LogP contribution in [0.1, 0.15) is 29.5 Å². The molecule has 0 radical (unpaired) electrons. The van der Waals surface area contributed by atoms with Crippen LogP contribution in [0.4, 0.5) is 4.39 Å². The Balaban J connectivity index is 1.46. The minimum Gasteiger partial charge on any atom is -0.305 e. The molecule has 0 amide bonds. The molecule has 0 saturated carbocycles. The van der Waals surface area contributed by atoms with Gasteiger partial charge in [0, 0.05) is 13.1 Å². The van der Waals surface area contributed by atoms with Crippen LogP contribution in [-0.2, 0) is 19.5 Å². The topological polar surface area (TPSA) is 6.48 Å². The normalized spacial score (nSPS) is 16.5. The third-order valence-electron chi connectivity index (χ3n) is 5.05. The molecule has 0 spiro atoms. The summed E-state index contributed by atoms with van der Waals surface area (Å²) in [5, 5.41) is 0. The van der Waals surface area contributed by atoms with Gasteiger partial charge in [-0.25, -0.2) is 4.39 Å². The van der Waals surface area contributed by atoms with E-state index in [1.165, 1.54) is 36.5 Å². The largest absolute Gasteiger partial charge is 0.305 e. The number of halogens is 1. The molecule has 2 aromatic rings. The molecule has 2 nitrogen and oxygen atoms in total. The number of hydrogen-bond acceptors (Lipinski definition) is 2. The van der Waals surface area contributed by atoms with Gasteiger partial charge in [0.2, 0.25) is 0 Å². The Hall–Kier alpha value is -1.71. The summed E-state index contributed by atoms with van der Waals surface area (Å²) in [5.74, 6) is 0.633. The monoisotopic (exact) mass is 340 g/mol.